The molecule has 17 heavy (non-hydrogen) atoms. The predicted octanol–water partition coefficient (Wildman–Crippen LogP) is 3.13. The van der Waals surface area contributed by atoms with Crippen LogP contribution in [0.2, 0.25) is 0 Å². The van der Waals surface area contributed by atoms with Crippen LogP contribution in [-0.2, 0) is 0 Å². The molecule has 1 N–H and O–H groups in total. The van der Waals surface area contributed by atoms with E-state index in [2.05, 4.69) is 12.2 Å². The van der Waals surface area contributed by atoms with Crippen LogP contribution in [-0.4, -0.2) is 18.7 Å². The average Bonchev–Trinajstić information content (AvgIpc) is 3.13. The molecule has 3 heteroatoms. The Morgan fingerprint density at radius 3 is 2.65 bits per heavy atom. The molecule has 1 aromatic carbocycles. The highest BCUT2D eigenvalue weighted by Crippen LogP contribution is 2.20. The fourth-order valence-corrected chi connectivity index (χ4v) is 1.82. The second-order valence-electron chi connectivity index (χ2n) is 4.66. The number of ether oxygens (including phenoxy) is 1. The minimum atomic E-state index is -0.222. The van der Waals surface area contributed by atoms with Crippen molar-refractivity contribution < 1.29 is 9.13 Å². The van der Waals surface area contributed by atoms with Crippen molar-refractivity contribution in [1.29, 1.82) is 0 Å². The molecule has 0 aromatic heterocycles. The molecule has 0 saturated heterocycles. The third-order valence-corrected chi connectivity index (χ3v) is 2.94. The van der Waals surface area contributed by atoms with Crippen molar-refractivity contribution >= 4 is 0 Å². The van der Waals surface area contributed by atoms with Gasteiger partial charge >= 0.3 is 0 Å². The zero-order chi connectivity index (χ0) is 12.1. The van der Waals surface area contributed by atoms with Gasteiger partial charge in [-0.05, 0) is 43.5 Å². The Balaban J connectivity index is 1.84. The summed E-state index contributed by atoms with van der Waals surface area (Å²) in [6.07, 6.45) is 4.88. The van der Waals surface area contributed by atoms with E-state index >= 15 is 0 Å². The molecule has 1 atom stereocenters. The molecule has 1 fully saturated rings. The van der Waals surface area contributed by atoms with Crippen molar-refractivity contribution in [3.63, 3.8) is 0 Å². The largest absolute Gasteiger partial charge is 0.489 e. The smallest absolute Gasteiger partial charge is 0.123 e. The fourth-order valence-electron chi connectivity index (χ4n) is 1.82. The van der Waals surface area contributed by atoms with Gasteiger partial charge in [0.05, 0.1) is 0 Å². The zero-order valence-electron chi connectivity index (χ0n) is 10.3. The maximum absolute atomic E-state index is 12.8. The van der Waals surface area contributed by atoms with Crippen molar-refractivity contribution in [2.75, 3.05) is 6.54 Å². The summed E-state index contributed by atoms with van der Waals surface area (Å²) in [5.41, 5.74) is 0. The molecule has 2 rings (SSSR count). The summed E-state index contributed by atoms with van der Waals surface area (Å²) in [6, 6.07) is 6.95. The Bertz CT molecular complexity index is 335. The summed E-state index contributed by atoms with van der Waals surface area (Å²) >= 11 is 0. The highest BCUT2D eigenvalue weighted by Gasteiger charge is 2.22. The third-order valence-electron chi connectivity index (χ3n) is 2.94. The van der Waals surface area contributed by atoms with Crippen LogP contribution < -0.4 is 10.1 Å². The first-order chi connectivity index (χ1) is 8.28. The van der Waals surface area contributed by atoms with Crippen molar-refractivity contribution in [3.05, 3.63) is 30.1 Å². The fraction of sp³-hybridized carbons (Fsp3) is 0.571. The Morgan fingerprint density at radius 2 is 2.06 bits per heavy atom. The molecule has 0 spiro atoms. The number of benzene rings is 1. The van der Waals surface area contributed by atoms with Gasteiger partial charge in [-0.25, -0.2) is 4.39 Å². The van der Waals surface area contributed by atoms with Crippen LogP contribution in [0.5, 0.6) is 5.75 Å². The highest BCUT2D eigenvalue weighted by atomic mass is 19.1. The minimum Gasteiger partial charge on any atom is -0.489 e. The lowest BCUT2D eigenvalue weighted by Gasteiger charge is -2.19. The first-order valence-corrected chi connectivity index (χ1v) is 6.43. The highest BCUT2D eigenvalue weighted by molar-refractivity contribution is 5.22. The van der Waals surface area contributed by atoms with E-state index in [0.29, 0.717) is 6.04 Å². The molecule has 0 radical (unpaired) electrons. The lowest BCUT2D eigenvalue weighted by Crippen LogP contribution is -2.32. The van der Waals surface area contributed by atoms with E-state index in [-0.39, 0.29) is 11.9 Å². The molecular weight excluding hydrogens is 217 g/mol. The quantitative estimate of drug-likeness (QED) is 0.786. The topological polar surface area (TPSA) is 21.3 Å². The summed E-state index contributed by atoms with van der Waals surface area (Å²) in [5, 5.41) is 3.47. The van der Waals surface area contributed by atoms with Gasteiger partial charge in [-0.2, -0.15) is 0 Å². The number of hydrogen-bond donors (Lipinski definition) is 1. The average molecular weight is 237 g/mol. The molecule has 0 heterocycles. The van der Waals surface area contributed by atoms with Gasteiger partial charge in [-0.3, -0.25) is 0 Å². The molecule has 1 aliphatic carbocycles. The number of hydrogen-bond acceptors (Lipinski definition) is 2. The lowest BCUT2D eigenvalue weighted by atomic mass is 10.2. The van der Waals surface area contributed by atoms with Gasteiger partial charge in [-0.15, -0.1) is 0 Å². The summed E-state index contributed by atoms with van der Waals surface area (Å²) in [6.45, 7) is 3.04. The second-order valence-corrected chi connectivity index (χ2v) is 4.66. The number of nitrogens with one attached hydrogen (secondary N) is 1. The van der Waals surface area contributed by atoms with Crippen molar-refractivity contribution in [1.82, 2.24) is 5.32 Å². The SMILES string of the molecule is CCCC(CNC1CC1)Oc1ccc(F)cc1. The standard InChI is InChI=1S/C14H20FNO/c1-2-3-14(10-16-12-6-7-12)17-13-8-4-11(15)5-9-13/h4-5,8-9,12,14,16H,2-3,6-7,10H2,1H3. The monoisotopic (exact) mass is 237 g/mol. The van der Waals surface area contributed by atoms with Crippen LogP contribution >= 0.6 is 0 Å². The van der Waals surface area contributed by atoms with E-state index in [1.165, 1.54) is 25.0 Å². The molecule has 1 aliphatic rings. The second kappa shape index (κ2) is 6.01. The van der Waals surface area contributed by atoms with E-state index < -0.39 is 0 Å². The maximum atomic E-state index is 12.8. The number of halogens is 1. The summed E-state index contributed by atoms with van der Waals surface area (Å²) in [7, 11) is 0. The lowest BCUT2D eigenvalue weighted by molar-refractivity contribution is 0.186. The molecule has 0 aliphatic heterocycles. The summed E-state index contributed by atoms with van der Waals surface area (Å²) < 4.78 is 18.6. The normalized spacial score (nSPS) is 16.8. The van der Waals surface area contributed by atoms with Gasteiger partial charge in [0.15, 0.2) is 0 Å². The van der Waals surface area contributed by atoms with Gasteiger partial charge in [-0.1, -0.05) is 13.3 Å². The molecule has 0 amide bonds. The molecule has 0 bridgehead atoms. The van der Waals surface area contributed by atoms with Crippen molar-refractivity contribution in [2.24, 2.45) is 0 Å². The van der Waals surface area contributed by atoms with Crippen LogP contribution in [0.15, 0.2) is 24.3 Å². The molecule has 1 aromatic rings. The first kappa shape index (κ1) is 12.4. The van der Waals surface area contributed by atoms with Gasteiger partial charge in [0.25, 0.3) is 0 Å². The van der Waals surface area contributed by atoms with Crippen LogP contribution in [0.4, 0.5) is 4.39 Å². The van der Waals surface area contributed by atoms with E-state index in [1.54, 1.807) is 12.1 Å². The third kappa shape index (κ3) is 4.35. The minimum absolute atomic E-state index is 0.186. The first-order valence-electron chi connectivity index (χ1n) is 6.43. The Morgan fingerprint density at radius 1 is 1.35 bits per heavy atom. The molecule has 1 saturated carbocycles. The summed E-state index contributed by atoms with van der Waals surface area (Å²) in [5.74, 6) is 0.531. The van der Waals surface area contributed by atoms with Crippen LogP contribution in [0.1, 0.15) is 32.6 Å². The molecule has 94 valence electrons. The zero-order valence-corrected chi connectivity index (χ0v) is 10.3. The van der Waals surface area contributed by atoms with E-state index in [4.69, 9.17) is 4.74 Å². The van der Waals surface area contributed by atoms with Gasteiger partial charge in [0, 0.05) is 12.6 Å². The van der Waals surface area contributed by atoms with Crippen LogP contribution in [0, 0.1) is 5.82 Å². The van der Waals surface area contributed by atoms with E-state index in [9.17, 15) is 4.39 Å². The van der Waals surface area contributed by atoms with Gasteiger partial charge in [0.1, 0.15) is 17.7 Å². The van der Waals surface area contributed by atoms with Crippen molar-refractivity contribution in [3.8, 4) is 5.75 Å². The van der Waals surface area contributed by atoms with Crippen LogP contribution in [0.3, 0.4) is 0 Å². The van der Waals surface area contributed by atoms with Crippen LogP contribution in [0.25, 0.3) is 0 Å². The van der Waals surface area contributed by atoms with Gasteiger partial charge < -0.3 is 10.1 Å². The maximum Gasteiger partial charge on any atom is 0.123 e. The van der Waals surface area contributed by atoms with Crippen molar-refractivity contribution in [2.45, 2.75) is 44.8 Å². The Labute approximate surface area is 102 Å². The van der Waals surface area contributed by atoms with Gasteiger partial charge in [0.2, 0.25) is 0 Å². The molecule has 1 unspecified atom stereocenters. The Kier molecular flexibility index (Phi) is 4.37. The van der Waals surface area contributed by atoms with E-state index in [1.807, 2.05) is 0 Å². The predicted molar refractivity (Wildman–Crippen MR) is 66.7 cm³/mol. The Hall–Kier alpha value is -1.09. The summed E-state index contributed by atoms with van der Waals surface area (Å²) in [4.78, 5) is 0. The molecule has 2 nitrogen and oxygen atoms in total. The molecular formula is C14H20FNO. The van der Waals surface area contributed by atoms with E-state index in [0.717, 1.165) is 25.1 Å². The number of rotatable bonds is 7.